The molecule has 7 aromatic rings. The fourth-order valence-corrected chi connectivity index (χ4v) is 18.5. The van der Waals surface area contributed by atoms with Gasteiger partial charge < -0.3 is 24.8 Å². The summed E-state index contributed by atoms with van der Waals surface area (Å²) in [5.41, 5.74) is 13.2. The molecule has 0 fully saturated rings. The predicted octanol–water partition coefficient (Wildman–Crippen LogP) is 9.60. The number of hydrogen-bond acceptors (Lipinski definition) is 0. The first-order valence-corrected chi connectivity index (χ1v) is 24.8. The Bertz CT molecular complexity index is 2780. The summed E-state index contributed by atoms with van der Waals surface area (Å²) in [5, 5.41) is 2.15. The van der Waals surface area contributed by atoms with Crippen molar-refractivity contribution < 1.29 is 59.3 Å². The summed E-state index contributed by atoms with van der Waals surface area (Å²) in [4.78, 5) is 0. The van der Waals surface area contributed by atoms with Gasteiger partial charge in [0.25, 0.3) is 0 Å². The van der Waals surface area contributed by atoms with Gasteiger partial charge in [0.05, 0.1) is 0 Å². The monoisotopic (exact) mass is 938 g/mol. The molecule has 6 heteroatoms. The fraction of sp³-hybridized carbons (Fsp3) is 0.196. The first-order valence-electron chi connectivity index (χ1n) is 20.9. The SMILES string of the molecule is CC(C)(C)c1cc2c(cc1-c1ccccc1)[CH](/[Zr+2]([C]1=CC=CC1)=[C](/c1cccc(C(F)(F)F)c1)c1cccc3ccccc13)c1cc(-c3ccccc3)c(C(C)(C)C)cc1-2.[Cl-].[Cl-]. The molecule has 0 bridgehead atoms. The van der Waals surface area contributed by atoms with E-state index in [1.807, 2.05) is 12.1 Å². The molecule has 0 radical (unpaired) electrons. The van der Waals surface area contributed by atoms with Crippen molar-refractivity contribution in [1.29, 1.82) is 0 Å². The average Bonchev–Trinajstić information content (AvgIpc) is 3.88. The van der Waals surface area contributed by atoms with E-state index >= 15 is 0 Å². The van der Waals surface area contributed by atoms with E-state index in [4.69, 9.17) is 0 Å². The number of halogens is 5. The van der Waals surface area contributed by atoms with Crippen LogP contribution in [0, 0.1) is 0 Å². The molecule has 2 aliphatic carbocycles. The third-order valence-corrected chi connectivity index (χ3v) is 20.5. The first-order chi connectivity index (χ1) is 28.7. The van der Waals surface area contributed by atoms with Crippen LogP contribution in [0.1, 0.15) is 90.5 Å². The Kier molecular flexibility index (Phi) is 12.8. The van der Waals surface area contributed by atoms with Gasteiger partial charge in [0, 0.05) is 0 Å². The molecule has 0 saturated heterocycles. The van der Waals surface area contributed by atoms with E-state index < -0.39 is 33.0 Å². The molecule has 62 heavy (non-hydrogen) atoms. The van der Waals surface area contributed by atoms with Crippen LogP contribution in [0.15, 0.2) is 173 Å². The second-order valence-corrected chi connectivity index (χ2v) is 24.6. The molecule has 0 unspecified atom stereocenters. The molecule has 0 atom stereocenters. The zero-order valence-corrected chi connectivity index (χ0v) is 39.8. The van der Waals surface area contributed by atoms with Crippen LogP contribution < -0.4 is 24.8 Å². The Balaban J connectivity index is 0.00000289. The first kappa shape index (κ1) is 45.4. The molecule has 0 aliphatic heterocycles. The number of fused-ring (bicyclic) bond motifs is 4. The van der Waals surface area contributed by atoms with Crippen molar-refractivity contribution in [2.45, 2.75) is 68.6 Å². The van der Waals surface area contributed by atoms with Crippen molar-refractivity contribution in [3.8, 4) is 33.4 Å². The third-order valence-electron chi connectivity index (χ3n) is 12.3. The molecule has 7 aromatic carbocycles. The second kappa shape index (κ2) is 17.5. The molecule has 0 amide bonds. The summed E-state index contributed by atoms with van der Waals surface area (Å²) in [6.45, 7) is 13.8. The Morgan fingerprint density at radius 3 is 1.58 bits per heavy atom. The van der Waals surface area contributed by atoms with E-state index in [1.165, 1.54) is 71.0 Å². The number of rotatable bonds is 6. The molecule has 0 N–H and O–H groups in total. The minimum atomic E-state index is -4.48. The molecule has 2 aliphatic rings. The summed E-state index contributed by atoms with van der Waals surface area (Å²) in [6.07, 6.45) is 3.01. The van der Waals surface area contributed by atoms with Crippen LogP contribution in [-0.2, 0) is 38.3 Å². The van der Waals surface area contributed by atoms with E-state index in [0.717, 1.165) is 26.0 Å². The van der Waals surface area contributed by atoms with Crippen molar-refractivity contribution >= 4 is 14.0 Å². The van der Waals surface area contributed by atoms with Gasteiger partial charge in [-0.2, -0.15) is 0 Å². The fourth-order valence-electron chi connectivity index (χ4n) is 9.50. The summed E-state index contributed by atoms with van der Waals surface area (Å²) in [6, 6.07) is 52.2. The Morgan fingerprint density at radius 1 is 0.548 bits per heavy atom. The number of allylic oxidation sites excluding steroid dienone is 4. The second-order valence-electron chi connectivity index (χ2n) is 18.4. The Morgan fingerprint density at radius 2 is 1.06 bits per heavy atom. The third kappa shape index (κ3) is 8.44. The maximum absolute atomic E-state index is 14.7. The largest absolute Gasteiger partial charge is 1.00 e. The van der Waals surface area contributed by atoms with Gasteiger partial charge in [-0.05, 0) is 0 Å². The summed E-state index contributed by atoms with van der Waals surface area (Å²) in [7, 11) is 0. The van der Waals surface area contributed by atoms with E-state index in [1.54, 1.807) is 6.07 Å². The molecular formula is C56H49Cl2F3Zr. The van der Waals surface area contributed by atoms with Gasteiger partial charge in [0.15, 0.2) is 0 Å². The smallest absolute Gasteiger partial charge is 1.00 e. The molecule has 312 valence electrons. The van der Waals surface area contributed by atoms with Crippen LogP contribution in [-0.4, -0.2) is 3.21 Å². The minimum absolute atomic E-state index is 0. The van der Waals surface area contributed by atoms with Crippen LogP contribution >= 0.6 is 0 Å². The quantitative estimate of drug-likeness (QED) is 0.156. The zero-order chi connectivity index (χ0) is 42.0. The Hall–Kier alpha value is -4.60. The van der Waals surface area contributed by atoms with Crippen molar-refractivity contribution in [1.82, 2.24) is 0 Å². The van der Waals surface area contributed by atoms with E-state index in [0.29, 0.717) is 5.56 Å². The number of alkyl halides is 3. The summed E-state index contributed by atoms with van der Waals surface area (Å²) in [5.74, 6) is 0. The van der Waals surface area contributed by atoms with Crippen molar-refractivity contribution in [2.75, 3.05) is 0 Å². The average molecular weight is 941 g/mol. The van der Waals surface area contributed by atoms with Gasteiger partial charge in [-0.15, -0.1) is 0 Å². The number of benzene rings is 7. The van der Waals surface area contributed by atoms with E-state index in [2.05, 4.69) is 181 Å². The summed E-state index contributed by atoms with van der Waals surface area (Å²) < 4.78 is 46.7. The molecule has 0 aromatic heterocycles. The van der Waals surface area contributed by atoms with Crippen molar-refractivity contribution in [2.24, 2.45) is 0 Å². The molecule has 0 saturated carbocycles. The molecular weight excluding hydrogens is 892 g/mol. The van der Waals surface area contributed by atoms with Crippen LogP contribution in [0.4, 0.5) is 13.2 Å². The maximum atomic E-state index is 14.7. The molecule has 9 rings (SSSR count). The van der Waals surface area contributed by atoms with Gasteiger partial charge in [-0.25, -0.2) is 0 Å². The van der Waals surface area contributed by atoms with Gasteiger partial charge in [0.2, 0.25) is 0 Å². The van der Waals surface area contributed by atoms with Crippen molar-refractivity contribution in [3.63, 3.8) is 0 Å². The summed E-state index contributed by atoms with van der Waals surface area (Å²) >= 11 is -3.49. The maximum Gasteiger partial charge on any atom is -1.00 e. The van der Waals surface area contributed by atoms with E-state index in [9.17, 15) is 13.2 Å². The van der Waals surface area contributed by atoms with Crippen LogP contribution in [0.2, 0.25) is 0 Å². The van der Waals surface area contributed by atoms with Gasteiger partial charge in [-0.1, -0.05) is 0 Å². The van der Waals surface area contributed by atoms with E-state index in [-0.39, 0.29) is 39.3 Å². The van der Waals surface area contributed by atoms with Gasteiger partial charge in [-0.3, -0.25) is 0 Å². The van der Waals surface area contributed by atoms with Crippen LogP contribution in [0.25, 0.3) is 44.2 Å². The minimum Gasteiger partial charge on any atom is -1.00 e. The molecule has 0 nitrogen and oxygen atoms in total. The topological polar surface area (TPSA) is 0 Å². The standard InChI is InChI=1S/C33H33.C18H11F3.C5H5.2ClH.Zr/c1-32(2,3)30-20-26-24(18-28(30)22-13-9-7-10-14-22)17-25-19-29(23-15-11-8-12-16-23)31(21-27(25)26)33(4,5)6;19-18(20,21)16-9-3-5-13(12-16)11-15-8-4-7-14-6-1-2-10-17(14)15;1-2-4-5-3-1;;;/h7-21H,1-6H3;1-10,12H;1-3H,4H2;2*1H;/q;;;;;+2/p-2. The molecule has 0 spiro atoms. The molecule has 0 heterocycles. The van der Waals surface area contributed by atoms with Gasteiger partial charge in [0.1, 0.15) is 0 Å². The Labute approximate surface area is 384 Å². The van der Waals surface area contributed by atoms with Crippen LogP contribution in [0.3, 0.4) is 0 Å². The van der Waals surface area contributed by atoms with Gasteiger partial charge >= 0.3 is 363 Å². The predicted molar refractivity (Wildman–Crippen MR) is 242 cm³/mol. The number of hydrogen-bond donors (Lipinski definition) is 0. The zero-order valence-electron chi connectivity index (χ0n) is 35.8. The van der Waals surface area contributed by atoms with Crippen molar-refractivity contribution in [3.05, 3.63) is 212 Å². The normalized spacial score (nSPS) is 13.8. The van der Waals surface area contributed by atoms with Crippen LogP contribution in [0.5, 0.6) is 0 Å².